The Bertz CT molecular complexity index is 1280. The fourth-order valence-corrected chi connectivity index (χ4v) is 5.03. The lowest BCUT2D eigenvalue weighted by Crippen LogP contribution is -2.32. The summed E-state index contributed by atoms with van der Waals surface area (Å²) in [5.74, 6) is -3.79. The lowest BCUT2D eigenvalue weighted by atomic mass is 9.84. The van der Waals surface area contributed by atoms with Gasteiger partial charge in [0.15, 0.2) is 0 Å². The van der Waals surface area contributed by atoms with Gasteiger partial charge in [-0.3, -0.25) is 24.1 Å². The molecular formula is C26H24N2O5S. The molecule has 174 valence electrons. The Hall–Kier alpha value is -3.78. The second kappa shape index (κ2) is 9.23. The van der Waals surface area contributed by atoms with E-state index in [0.717, 1.165) is 5.56 Å². The number of anilines is 1. The van der Waals surface area contributed by atoms with Gasteiger partial charge < -0.3 is 10.5 Å². The lowest BCUT2D eigenvalue weighted by molar-refractivity contribution is -0.139. The van der Waals surface area contributed by atoms with Crippen LogP contribution in [0, 0.1) is 11.8 Å². The van der Waals surface area contributed by atoms with Crippen molar-refractivity contribution in [3.8, 4) is 16.9 Å². The molecule has 2 atom stereocenters. The smallest absolute Gasteiger partial charge is 0.295 e. The van der Waals surface area contributed by atoms with Gasteiger partial charge in [-0.2, -0.15) is 11.3 Å². The van der Waals surface area contributed by atoms with Gasteiger partial charge >= 0.3 is 0 Å². The summed E-state index contributed by atoms with van der Waals surface area (Å²) in [6.45, 7) is 3.39. The molecule has 1 aliphatic heterocycles. The molecule has 0 saturated carbocycles. The number of para-hydroxylation sites is 1. The molecule has 8 heteroatoms. The van der Waals surface area contributed by atoms with Crippen molar-refractivity contribution in [1.82, 2.24) is 0 Å². The number of amides is 2. The molecule has 0 bridgehead atoms. The molecule has 0 aliphatic carbocycles. The summed E-state index contributed by atoms with van der Waals surface area (Å²) in [5.41, 5.74) is 8.18. The first-order valence-corrected chi connectivity index (χ1v) is 11.7. The van der Waals surface area contributed by atoms with E-state index in [-0.39, 0.29) is 11.3 Å². The van der Waals surface area contributed by atoms with Gasteiger partial charge in [-0.25, -0.2) is 0 Å². The molecule has 1 saturated heterocycles. The third-order valence-corrected chi connectivity index (χ3v) is 6.70. The van der Waals surface area contributed by atoms with Crippen LogP contribution in [0.1, 0.15) is 35.8 Å². The van der Waals surface area contributed by atoms with Crippen LogP contribution in [0.4, 0.5) is 5.69 Å². The maximum absolute atomic E-state index is 13.3. The number of ketones is 2. The molecule has 0 spiro atoms. The van der Waals surface area contributed by atoms with E-state index in [9.17, 15) is 19.2 Å². The van der Waals surface area contributed by atoms with Crippen molar-refractivity contribution >= 4 is 40.4 Å². The highest BCUT2D eigenvalue weighted by atomic mass is 32.1. The largest absolute Gasteiger partial charge is 0.496 e. The maximum atomic E-state index is 13.3. The monoisotopic (exact) mass is 476 g/mol. The topological polar surface area (TPSA) is 107 Å². The number of Topliss-reactive ketones (excluding diaryl/α,β-unsaturated/α-hetero) is 2. The minimum atomic E-state index is -1.20. The molecule has 2 aromatic carbocycles. The second-order valence-corrected chi connectivity index (χ2v) is 9.15. The summed E-state index contributed by atoms with van der Waals surface area (Å²) >= 11 is 1.48. The number of nitrogens with zero attached hydrogens (tertiary/aromatic N) is 1. The first-order valence-electron chi connectivity index (χ1n) is 10.8. The van der Waals surface area contributed by atoms with Crippen molar-refractivity contribution in [1.29, 1.82) is 0 Å². The van der Waals surface area contributed by atoms with Crippen LogP contribution >= 0.6 is 11.3 Å². The van der Waals surface area contributed by atoms with Crippen molar-refractivity contribution < 1.29 is 23.9 Å². The molecule has 2 N–H and O–H groups in total. The summed E-state index contributed by atoms with van der Waals surface area (Å²) in [6, 6.07) is 12.8. The first-order chi connectivity index (χ1) is 16.3. The Kier molecular flexibility index (Phi) is 6.34. The average Bonchev–Trinajstić information content (AvgIpc) is 3.45. The molecule has 2 unspecified atom stereocenters. The molecular weight excluding hydrogens is 452 g/mol. The number of nitrogens with two attached hydrogens (primary N) is 1. The Morgan fingerprint density at radius 1 is 1.09 bits per heavy atom. The number of methoxy groups -OCH3 is 1. The standard InChI is InChI=1S/C26H24N2O5S/c1-14(2)23(29)21-22(18-6-4-5-7-20(18)33-3)28(26(32)24(21)30)16-8-9-17(15-10-11-34-13-15)19(12-16)25(27)31/h4-14,21-22H,1-3H3,(H2,27,31). The number of carbonyl (C=O) groups excluding carboxylic acids is 4. The van der Waals surface area contributed by atoms with E-state index in [1.54, 1.807) is 50.2 Å². The summed E-state index contributed by atoms with van der Waals surface area (Å²) < 4.78 is 5.50. The van der Waals surface area contributed by atoms with Gasteiger partial charge in [-0.15, -0.1) is 0 Å². The number of ether oxygens (including phenoxy) is 1. The summed E-state index contributed by atoms with van der Waals surface area (Å²) in [7, 11) is 1.49. The van der Waals surface area contributed by atoms with E-state index in [4.69, 9.17) is 10.5 Å². The van der Waals surface area contributed by atoms with Crippen LogP contribution in [0.15, 0.2) is 59.3 Å². The lowest BCUT2D eigenvalue weighted by Gasteiger charge is -2.29. The van der Waals surface area contributed by atoms with Crippen LogP contribution in [-0.4, -0.2) is 30.5 Å². The molecule has 1 fully saturated rings. The van der Waals surface area contributed by atoms with Crippen molar-refractivity contribution in [2.75, 3.05) is 12.0 Å². The zero-order valence-electron chi connectivity index (χ0n) is 19.0. The number of benzene rings is 2. The summed E-state index contributed by atoms with van der Waals surface area (Å²) in [4.78, 5) is 53.2. The number of rotatable bonds is 7. The van der Waals surface area contributed by atoms with Crippen molar-refractivity contribution in [2.45, 2.75) is 19.9 Å². The van der Waals surface area contributed by atoms with E-state index in [0.29, 0.717) is 22.6 Å². The Morgan fingerprint density at radius 2 is 1.82 bits per heavy atom. The molecule has 0 radical (unpaired) electrons. The Balaban J connectivity index is 1.92. The van der Waals surface area contributed by atoms with Crippen molar-refractivity contribution in [3.05, 3.63) is 70.4 Å². The van der Waals surface area contributed by atoms with Gasteiger partial charge in [-0.1, -0.05) is 38.1 Å². The van der Waals surface area contributed by atoms with E-state index in [1.165, 1.54) is 29.4 Å². The van der Waals surface area contributed by atoms with Gasteiger partial charge in [0.2, 0.25) is 11.7 Å². The number of hydrogen-bond acceptors (Lipinski definition) is 6. The highest BCUT2D eigenvalue weighted by molar-refractivity contribution is 7.08. The van der Waals surface area contributed by atoms with E-state index >= 15 is 0 Å². The molecule has 7 nitrogen and oxygen atoms in total. The van der Waals surface area contributed by atoms with Gasteiger partial charge in [0.25, 0.3) is 5.91 Å². The zero-order chi connectivity index (χ0) is 24.6. The quantitative estimate of drug-likeness (QED) is 0.409. The number of primary amides is 1. The molecule has 2 heterocycles. The van der Waals surface area contributed by atoms with Crippen molar-refractivity contribution in [2.24, 2.45) is 17.6 Å². The number of thiophene rings is 1. The van der Waals surface area contributed by atoms with E-state index in [1.807, 2.05) is 16.8 Å². The van der Waals surface area contributed by atoms with Gasteiger partial charge in [0.1, 0.15) is 17.5 Å². The highest BCUT2D eigenvalue weighted by Gasteiger charge is 2.53. The Morgan fingerprint density at radius 3 is 2.44 bits per heavy atom. The molecule has 1 aliphatic rings. The maximum Gasteiger partial charge on any atom is 0.295 e. The molecule has 4 rings (SSSR count). The van der Waals surface area contributed by atoms with Crippen LogP contribution < -0.4 is 15.4 Å². The van der Waals surface area contributed by atoms with Crippen LogP contribution in [0.25, 0.3) is 11.1 Å². The molecule has 2 amide bonds. The number of carbonyl (C=O) groups is 4. The molecule has 34 heavy (non-hydrogen) atoms. The minimum Gasteiger partial charge on any atom is -0.496 e. The third-order valence-electron chi connectivity index (χ3n) is 6.02. The number of hydrogen-bond donors (Lipinski definition) is 1. The fourth-order valence-electron chi connectivity index (χ4n) is 4.38. The fraction of sp³-hybridized carbons (Fsp3) is 0.231. The summed E-state index contributed by atoms with van der Waals surface area (Å²) in [5, 5.41) is 3.78. The zero-order valence-corrected chi connectivity index (χ0v) is 19.8. The van der Waals surface area contributed by atoms with E-state index in [2.05, 4.69) is 0 Å². The minimum absolute atomic E-state index is 0.216. The predicted octanol–water partition coefficient (Wildman–Crippen LogP) is 4.02. The third kappa shape index (κ3) is 3.90. The van der Waals surface area contributed by atoms with Crippen LogP contribution in [0.3, 0.4) is 0 Å². The van der Waals surface area contributed by atoms with Gasteiger partial charge in [0.05, 0.1) is 13.2 Å². The van der Waals surface area contributed by atoms with Crippen molar-refractivity contribution in [3.63, 3.8) is 0 Å². The van der Waals surface area contributed by atoms with E-state index < -0.39 is 35.5 Å². The first kappa shape index (κ1) is 23.4. The van der Waals surface area contributed by atoms with Gasteiger partial charge in [-0.05, 0) is 46.2 Å². The highest BCUT2D eigenvalue weighted by Crippen LogP contribution is 2.44. The van der Waals surface area contributed by atoms with Crippen LogP contribution in [0.2, 0.25) is 0 Å². The normalized spacial score (nSPS) is 17.9. The predicted molar refractivity (Wildman–Crippen MR) is 130 cm³/mol. The average molecular weight is 477 g/mol. The van der Waals surface area contributed by atoms with Crippen LogP contribution in [-0.2, 0) is 14.4 Å². The molecule has 1 aromatic heterocycles. The molecule has 3 aromatic rings. The SMILES string of the molecule is COc1ccccc1C1C(C(=O)C(C)C)C(=O)C(=O)N1c1ccc(-c2ccsc2)c(C(N)=O)c1. The van der Waals surface area contributed by atoms with Crippen LogP contribution in [0.5, 0.6) is 5.75 Å². The van der Waals surface area contributed by atoms with Gasteiger partial charge in [0, 0.05) is 22.7 Å². The Labute approximate surface area is 201 Å². The second-order valence-electron chi connectivity index (χ2n) is 8.37. The summed E-state index contributed by atoms with van der Waals surface area (Å²) in [6.07, 6.45) is 0.